The summed E-state index contributed by atoms with van der Waals surface area (Å²) in [5.74, 6) is 1.08. The van der Waals surface area contributed by atoms with Crippen molar-refractivity contribution in [2.75, 3.05) is 12.3 Å². The van der Waals surface area contributed by atoms with Crippen molar-refractivity contribution in [3.63, 3.8) is 0 Å². The predicted octanol–water partition coefficient (Wildman–Crippen LogP) is 4.50. The first kappa shape index (κ1) is 13.7. The molecule has 1 aromatic carbocycles. The maximum absolute atomic E-state index is 3.55. The molecule has 0 fully saturated rings. The van der Waals surface area contributed by atoms with Gasteiger partial charge in [-0.25, -0.2) is 0 Å². The molecule has 0 aliphatic carbocycles. The Hall–Kier alpha value is -0.770. The Morgan fingerprint density at radius 3 is 2.61 bits per heavy atom. The molecule has 1 nitrogen and oxygen atoms in total. The lowest BCUT2D eigenvalue weighted by Gasteiger charge is -2.16. The zero-order valence-electron chi connectivity index (χ0n) is 10.8. The first-order valence-corrected chi connectivity index (χ1v) is 8.17. The van der Waals surface area contributed by atoms with Crippen LogP contribution in [0.1, 0.15) is 24.1 Å². The van der Waals surface area contributed by atoms with E-state index < -0.39 is 0 Å². The first-order valence-electron chi connectivity index (χ1n) is 6.24. The van der Waals surface area contributed by atoms with Gasteiger partial charge < -0.3 is 5.32 Å². The molecule has 1 atom stereocenters. The van der Waals surface area contributed by atoms with Gasteiger partial charge in [0.25, 0.3) is 0 Å². The van der Waals surface area contributed by atoms with E-state index in [4.69, 9.17) is 0 Å². The summed E-state index contributed by atoms with van der Waals surface area (Å²) < 4.78 is 0. The third-order valence-corrected chi connectivity index (χ3v) is 4.64. The molecule has 1 aromatic heterocycles. The van der Waals surface area contributed by atoms with Gasteiger partial charge in [0, 0.05) is 16.7 Å². The van der Waals surface area contributed by atoms with Gasteiger partial charge >= 0.3 is 0 Å². The quantitative estimate of drug-likeness (QED) is 0.780. The van der Waals surface area contributed by atoms with Crippen molar-refractivity contribution in [3.8, 4) is 0 Å². The summed E-state index contributed by atoms with van der Waals surface area (Å²) in [6, 6.07) is 11.4. The molecule has 18 heavy (non-hydrogen) atoms. The van der Waals surface area contributed by atoms with E-state index in [1.807, 2.05) is 11.8 Å². The van der Waals surface area contributed by atoms with E-state index >= 15 is 0 Å². The van der Waals surface area contributed by atoms with Crippen LogP contribution >= 0.6 is 23.1 Å². The van der Waals surface area contributed by atoms with Crippen LogP contribution in [0.5, 0.6) is 0 Å². The summed E-state index contributed by atoms with van der Waals surface area (Å²) >= 11 is 3.69. The number of aryl methyl sites for hydroxylation is 1. The molecule has 2 aromatic rings. The summed E-state index contributed by atoms with van der Waals surface area (Å²) in [4.78, 5) is 1.35. The summed E-state index contributed by atoms with van der Waals surface area (Å²) in [5, 5.41) is 7.94. The van der Waals surface area contributed by atoms with Crippen molar-refractivity contribution in [2.24, 2.45) is 0 Å². The lowest BCUT2D eigenvalue weighted by atomic mass is 10.2. The maximum Gasteiger partial charge on any atom is 0.0423 e. The topological polar surface area (TPSA) is 12.0 Å². The Morgan fingerprint density at radius 1 is 1.22 bits per heavy atom. The Balaban J connectivity index is 1.95. The van der Waals surface area contributed by atoms with Crippen LogP contribution in [0.25, 0.3) is 0 Å². The fourth-order valence-corrected chi connectivity index (χ4v) is 3.52. The van der Waals surface area contributed by atoms with Gasteiger partial charge in [-0.2, -0.15) is 11.3 Å². The second-order valence-corrected chi connectivity index (χ2v) is 6.16. The van der Waals surface area contributed by atoms with Crippen molar-refractivity contribution >= 4 is 23.1 Å². The van der Waals surface area contributed by atoms with Crippen LogP contribution < -0.4 is 5.32 Å². The number of hydrogen-bond acceptors (Lipinski definition) is 3. The number of hydrogen-bond donors (Lipinski definition) is 1. The lowest BCUT2D eigenvalue weighted by Crippen LogP contribution is -2.22. The third-order valence-electron chi connectivity index (χ3n) is 2.83. The second-order valence-electron chi connectivity index (χ2n) is 4.29. The minimum absolute atomic E-state index is 0.451. The monoisotopic (exact) mass is 277 g/mol. The number of benzene rings is 1. The molecule has 3 heteroatoms. The zero-order valence-corrected chi connectivity index (χ0v) is 12.5. The van der Waals surface area contributed by atoms with Crippen LogP contribution in [-0.2, 0) is 0 Å². The maximum atomic E-state index is 3.55. The van der Waals surface area contributed by atoms with Gasteiger partial charge in [0.15, 0.2) is 0 Å². The van der Waals surface area contributed by atoms with Crippen LogP contribution in [-0.4, -0.2) is 12.3 Å². The predicted molar refractivity (Wildman–Crippen MR) is 82.6 cm³/mol. The molecule has 0 aliphatic heterocycles. The molecule has 0 amide bonds. The highest BCUT2D eigenvalue weighted by molar-refractivity contribution is 7.99. The molecule has 1 unspecified atom stereocenters. The third kappa shape index (κ3) is 3.87. The Labute approximate surface area is 118 Å². The van der Waals surface area contributed by atoms with Crippen LogP contribution in [0.3, 0.4) is 0 Å². The summed E-state index contributed by atoms with van der Waals surface area (Å²) in [7, 11) is 0. The molecule has 0 saturated heterocycles. The van der Waals surface area contributed by atoms with E-state index in [0.29, 0.717) is 6.04 Å². The molecule has 96 valence electrons. The van der Waals surface area contributed by atoms with Crippen LogP contribution in [0.4, 0.5) is 0 Å². The molecule has 1 heterocycles. The standard InChI is InChI=1S/C15H19NS2/c1-3-16-15(13-8-9-17-10-13)11-18-14-6-4-12(2)5-7-14/h4-10,15-16H,3,11H2,1-2H3. The fourth-order valence-electron chi connectivity index (χ4n) is 1.81. The van der Waals surface area contributed by atoms with Gasteiger partial charge in [0.05, 0.1) is 0 Å². The van der Waals surface area contributed by atoms with Crippen molar-refractivity contribution < 1.29 is 0 Å². The van der Waals surface area contributed by atoms with E-state index in [9.17, 15) is 0 Å². The van der Waals surface area contributed by atoms with Gasteiger partial charge in [0.1, 0.15) is 0 Å². The Bertz CT molecular complexity index is 448. The molecule has 0 spiro atoms. The fraction of sp³-hybridized carbons (Fsp3) is 0.333. The molecule has 0 bridgehead atoms. The van der Waals surface area contributed by atoms with Gasteiger partial charge in [0.2, 0.25) is 0 Å². The first-order chi connectivity index (χ1) is 8.79. The molecular weight excluding hydrogens is 258 g/mol. The van der Waals surface area contributed by atoms with Crippen molar-refractivity contribution in [1.82, 2.24) is 5.32 Å². The molecule has 0 aliphatic rings. The van der Waals surface area contributed by atoms with E-state index in [0.717, 1.165) is 12.3 Å². The number of thioether (sulfide) groups is 1. The molecule has 2 rings (SSSR count). The van der Waals surface area contributed by atoms with Gasteiger partial charge in [-0.3, -0.25) is 0 Å². The minimum Gasteiger partial charge on any atom is -0.309 e. The average Bonchev–Trinajstić information content (AvgIpc) is 2.90. The zero-order chi connectivity index (χ0) is 12.8. The SMILES string of the molecule is CCNC(CSc1ccc(C)cc1)c1ccsc1. The van der Waals surface area contributed by atoms with Crippen LogP contribution in [0.15, 0.2) is 46.0 Å². The average molecular weight is 277 g/mol. The highest BCUT2D eigenvalue weighted by Crippen LogP contribution is 2.26. The lowest BCUT2D eigenvalue weighted by molar-refractivity contribution is 0.608. The molecule has 0 radical (unpaired) electrons. The largest absolute Gasteiger partial charge is 0.309 e. The smallest absolute Gasteiger partial charge is 0.0423 e. The van der Waals surface area contributed by atoms with Crippen molar-refractivity contribution in [3.05, 3.63) is 52.2 Å². The van der Waals surface area contributed by atoms with E-state index in [1.165, 1.54) is 16.0 Å². The Morgan fingerprint density at radius 2 is 2.00 bits per heavy atom. The van der Waals surface area contributed by atoms with Crippen LogP contribution in [0, 0.1) is 6.92 Å². The summed E-state index contributed by atoms with van der Waals surface area (Å²) in [6.07, 6.45) is 0. The summed E-state index contributed by atoms with van der Waals surface area (Å²) in [5.41, 5.74) is 2.72. The molecule has 1 N–H and O–H groups in total. The van der Waals surface area contributed by atoms with Crippen molar-refractivity contribution in [2.45, 2.75) is 24.8 Å². The number of rotatable bonds is 6. The Kier molecular flexibility index (Phi) is 5.29. The number of thiophene rings is 1. The van der Waals surface area contributed by atoms with Gasteiger partial charge in [-0.05, 0) is 48.0 Å². The number of nitrogens with one attached hydrogen (secondary N) is 1. The van der Waals surface area contributed by atoms with Gasteiger partial charge in [-0.15, -0.1) is 11.8 Å². The van der Waals surface area contributed by atoms with E-state index in [2.05, 4.69) is 60.3 Å². The molecule has 0 saturated carbocycles. The van der Waals surface area contributed by atoms with Crippen LogP contribution in [0.2, 0.25) is 0 Å². The van der Waals surface area contributed by atoms with E-state index in [1.54, 1.807) is 11.3 Å². The van der Waals surface area contributed by atoms with Crippen molar-refractivity contribution in [1.29, 1.82) is 0 Å². The van der Waals surface area contributed by atoms with E-state index in [-0.39, 0.29) is 0 Å². The minimum atomic E-state index is 0.451. The molecular formula is C15H19NS2. The highest BCUT2D eigenvalue weighted by Gasteiger charge is 2.10. The summed E-state index contributed by atoms with van der Waals surface area (Å²) in [6.45, 7) is 5.30. The highest BCUT2D eigenvalue weighted by atomic mass is 32.2. The second kappa shape index (κ2) is 6.98. The van der Waals surface area contributed by atoms with Gasteiger partial charge in [-0.1, -0.05) is 24.6 Å². The normalized spacial score (nSPS) is 12.6.